The van der Waals surface area contributed by atoms with Gasteiger partial charge in [-0.2, -0.15) is 0 Å². The number of carbonyl (C=O) groups is 1. The van der Waals surface area contributed by atoms with Crippen LogP contribution in [0.25, 0.3) is 0 Å². The molecular formula is C15H20BrNO4. The van der Waals surface area contributed by atoms with Crippen LogP contribution in [0.2, 0.25) is 0 Å². The van der Waals surface area contributed by atoms with Crippen LogP contribution in [-0.2, 0) is 4.74 Å². The maximum atomic E-state index is 12.5. The lowest BCUT2D eigenvalue weighted by molar-refractivity contribution is 0.0442. The maximum absolute atomic E-state index is 12.5. The predicted octanol–water partition coefficient (Wildman–Crippen LogP) is 2.38. The maximum Gasteiger partial charge on any atom is 0.251 e. The summed E-state index contributed by atoms with van der Waals surface area (Å²) in [4.78, 5) is 12.5. The Morgan fingerprint density at radius 1 is 1.29 bits per heavy atom. The molecule has 0 aromatic heterocycles. The molecule has 0 aliphatic carbocycles. The van der Waals surface area contributed by atoms with E-state index in [1.54, 1.807) is 32.4 Å². The zero-order valence-corrected chi connectivity index (χ0v) is 13.9. The molecule has 1 N–H and O–H groups in total. The second-order valence-corrected chi connectivity index (χ2v) is 5.61. The molecular weight excluding hydrogens is 338 g/mol. The van der Waals surface area contributed by atoms with Crippen molar-refractivity contribution in [3.63, 3.8) is 0 Å². The number of benzene rings is 1. The number of amides is 1. The highest BCUT2D eigenvalue weighted by atomic mass is 79.9. The lowest BCUT2D eigenvalue weighted by Gasteiger charge is -2.36. The van der Waals surface area contributed by atoms with Crippen LogP contribution in [-0.4, -0.2) is 44.2 Å². The number of nitrogens with one attached hydrogen (secondary N) is 1. The van der Waals surface area contributed by atoms with Crippen LogP contribution in [0.5, 0.6) is 11.5 Å². The van der Waals surface area contributed by atoms with E-state index in [4.69, 9.17) is 14.2 Å². The average molecular weight is 358 g/mol. The molecule has 0 saturated carbocycles. The molecule has 2 rings (SSSR count). The van der Waals surface area contributed by atoms with Crippen molar-refractivity contribution < 1.29 is 19.0 Å². The third-order valence-electron chi connectivity index (χ3n) is 3.73. The summed E-state index contributed by atoms with van der Waals surface area (Å²) in [6.45, 7) is 1.33. The minimum absolute atomic E-state index is 0.114. The van der Waals surface area contributed by atoms with E-state index >= 15 is 0 Å². The highest BCUT2D eigenvalue weighted by molar-refractivity contribution is 9.09. The van der Waals surface area contributed by atoms with Crippen molar-refractivity contribution in [2.24, 2.45) is 0 Å². The van der Waals surface area contributed by atoms with E-state index in [-0.39, 0.29) is 11.4 Å². The number of halogens is 1. The third kappa shape index (κ3) is 3.68. The van der Waals surface area contributed by atoms with Crippen LogP contribution >= 0.6 is 15.9 Å². The van der Waals surface area contributed by atoms with E-state index in [1.165, 1.54) is 0 Å². The number of alkyl halides is 1. The Labute approximate surface area is 133 Å². The fraction of sp³-hybridized carbons (Fsp3) is 0.533. The van der Waals surface area contributed by atoms with Crippen molar-refractivity contribution in [3.8, 4) is 11.5 Å². The lowest BCUT2D eigenvalue weighted by Crippen LogP contribution is -2.53. The normalized spacial score (nSPS) is 17.1. The van der Waals surface area contributed by atoms with Gasteiger partial charge in [-0.15, -0.1) is 0 Å². The molecule has 1 aliphatic heterocycles. The molecule has 0 spiro atoms. The monoisotopic (exact) mass is 357 g/mol. The largest absolute Gasteiger partial charge is 0.493 e. The predicted molar refractivity (Wildman–Crippen MR) is 83.6 cm³/mol. The van der Waals surface area contributed by atoms with Crippen molar-refractivity contribution in [3.05, 3.63) is 23.8 Å². The van der Waals surface area contributed by atoms with Gasteiger partial charge in [0.1, 0.15) is 0 Å². The molecule has 1 amide bonds. The van der Waals surface area contributed by atoms with Gasteiger partial charge in [0.25, 0.3) is 5.91 Å². The van der Waals surface area contributed by atoms with Gasteiger partial charge in [-0.3, -0.25) is 4.79 Å². The second-order valence-electron chi connectivity index (χ2n) is 5.05. The summed E-state index contributed by atoms with van der Waals surface area (Å²) < 4.78 is 15.8. The lowest BCUT2D eigenvalue weighted by atomic mass is 9.92. The molecule has 0 atom stereocenters. The molecule has 1 saturated heterocycles. The highest BCUT2D eigenvalue weighted by Gasteiger charge is 2.33. The van der Waals surface area contributed by atoms with E-state index in [1.807, 2.05) is 0 Å². The molecule has 0 unspecified atom stereocenters. The molecule has 0 bridgehead atoms. The molecule has 1 aromatic carbocycles. The summed E-state index contributed by atoms with van der Waals surface area (Å²) in [5.74, 6) is 1.04. The van der Waals surface area contributed by atoms with Gasteiger partial charge in [0, 0.05) is 24.1 Å². The molecule has 1 fully saturated rings. The Hall–Kier alpha value is -1.27. The Kier molecular flexibility index (Phi) is 5.47. The number of ether oxygens (including phenoxy) is 3. The van der Waals surface area contributed by atoms with Crippen molar-refractivity contribution in [1.29, 1.82) is 0 Å². The van der Waals surface area contributed by atoms with Crippen molar-refractivity contribution in [2.45, 2.75) is 18.4 Å². The topological polar surface area (TPSA) is 56.8 Å². The summed E-state index contributed by atoms with van der Waals surface area (Å²) in [5.41, 5.74) is 0.308. The first kappa shape index (κ1) is 16.1. The van der Waals surface area contributed by atoms with E-state index in [2.05, 4.69) is 21.2 Å². The van der Waals surface area contributed by atoms with Gasteiger partial charge in [0.15, 0.2) is 11.5 Å². The Morgan fingerprint density at radius 2 is 1.95 bits per heavy atom. The average Bonchev–Trinajstić information content (AvgIpc) is 2.54. The molecule has 5 nitrogen and oxygen atoms in total. The molecule has 0 radical (unpaired) electrons. The van der Waals surface area contributed by atoms with Gasteiger partial charge >= 0.3 is 0 Å². The first-order valence-corrected chi connectivity index (χ1v) is 7.94. The summed E-state index contributed by atoms with van der Waals surface area (Å²) in [6, 6.07) is 5.16. The minimum atomic E-state index is -0.248. The molecule has 1 heterocycles. The number of carbonyl (C=O) groups excluding carboxylic acids is 1. The zero-order chi connectivity index (χ0) is 15.3. The van der Waals surface area contributed by atoms with Crippen LogP contribution in [0.15, 0.2) is 18.2 Å². The SMILES string of the molecule is COc1ccc(C(=O)NC2(CBr)CCOCC2)cc1OC. The van der Waals surface area contributed by atoms with Gasteiger partial charge in [0.2, 0.25) is 0 Å². The first-order chi connectivity index (χ1) is 10.1. The number of rotatable bonds is 5. The minimum Gasteiger partial charge on any atom is -0.493 e. The van der Waals surface area contributed by atoms with Crippen LogP contribution < -0.4 is 14.8 Å². The summed E-state index contributed by atoms with van der Waals surface area (Å²) >= 11 is 3.51. The standard InChI is InChI=1S/C15H20BrNO4/c1-19-12-4-3-11(9-13(12)20-2)14(18)17-15(10-16)5-7-21-8-6-15/h3-4,9H,5-8,10H2,1-2H3,(H,17,18). The van der Waals surface area contributed by atoms with Crippen LogP contribution in [0.1, 0.15) is 23.2 Å². The van der Waals surface area contributed by atoms with Gasteiger partial charge in [0.05, 0.1) is 19.8 Å². The van der Waals surface area contributed by atoms with Gasteiger partial charge < -0.3 is 19.5 Å². The number of hydrogen-bond donors (Lipinski definition) is 1. The Balaban J connectivity index is 2.15. The van der Waals surface area contributed by atoms with Crippen molar-refractivity contribution >= 4 is 21.8 Å². The molecule has 21 heavy (non-hydrogen) atoms. The summed E-state index contributed by atoms with van der Waals surface area (Å²) in [6.07, 6.45) is 1.61. The van der Waals surface area contributed by atoms with E-state index in [0.717, 1.165) is 12.8 Å². The van der Waals surface area contributed by atoms with Crippen molar-refractivity contribution in [2.75, 3.05) is 32.8 Å². The van der Waals surface area contributed by atoms with Crippen molar-refractivity contribution in [1.82, 2.24) is 5.32 Å². The smallest absolute Gasteiger partial charge is 0.251 e. The molecule has 6 heteroatoms. The summed E-state index contributed by atoms with van der Waals surface area (Å²) in [7, 11) is 3.12. The second kappa shape index (κ2) is 7.13. The zero-order valence-electron chi connectivity index (χ0n) is 12.3. The van der Waals surface area contributed by atoms with E-state index in [9.17, 15) is 4.79 Å². The van der Waals surface area contributed by atoms with E-state index in [0.29, 0.717) is 35.6 Å². The molecule has 1 aliphatic rings. The van der Waals surface area contributed by atoms with Gasteiger partial charge in [-0.1, -0.05) is 15.9 Å². The third-order valence-corrected chi connectivity index (χ3v) is 4.80. The number of hydrogen-bond acceptors (Lipinski definition) is 4. The fourth-order valence-corrected chi connectivity index (χ4v) is 3.05. The number of methoxy groups -OCH3 is 2. The van der Waals surface area contributed by atoms with Crippen LogP contribution in [0, 0.1) is 0 Å². The highest BCUT2D eigenvalue weighted by Crippen LogP contribution is 2.28. The van der Waals surface area contributed by atoms with Gasteiger partial charge in [-0.25, -0.2) is 0 Å². The van der Waals surface area contributed by atoms with E-state index < -0.39 is 0 Å². The van der Waals surface area contributed by atoms with Gasteiger partial charge in [-0.05, 0) is 31.0 Å². The summed E-state index contributed by atoms with van der Waals surface area (Å²) in [5, 5.41) is 3.84. The van der Waals surface area contributed by atoms with Crippen LogP contribution in [0.3, 0.4) is 0 Å². The Morgan fingerprint density at radius 3 is 2.52 bits per heavy atom. The molecule has 116 valence electrons. The Bertz CT molecular complexity index is 500. The fourth-order valence-electron chi connectivity index (χ4n) is 2.34. The van der Waals surface area contributed by atoms with Crippen LogP contribution in [0.4, 0.5) is 0 Å². The quantitative estimate of drug-likeness (QED) is 0.822. The molecule has 1 aromatic rings. The first-order valence-electron chi connectivity index (χ1n) is 6.82.